The molecule has 6 nitrogen and oxygen atoms in total. The van der Waals surface area contributed by atoms with Crippen molar-refractivity contribution in [2.24, 2.45) is 11.8 Å². The van der Waals surface area contributed by atoms with Crippen molar-refractivity contribution < 1.29 is 19.2 Å². The van der Waals surface area contributed by atoms with Crippen molar-refractivity contribution >= 4 is 17.7 Å². The van der Waals surface area contributed by atoms with Gasteiger partial charge < -0.3 is 9.63 Å². The Bertz CT molecular complexity index is 464. The SMILES string of the molecule is Cc1cc(N(CC(C)C(=O)O)C(=O)C2CC2)no1. The second-order valence-electron chi connectivity index (χ2n) is 4.76. The highest BCUT2D eigenvalue weighted by Crippen LogP contribution is 2.33. The molecule has 1 aromatic rings. The molecular weight excluding hydrogens is 236 g/mol. The summed E-state index contributed by atoms with van der Waals surface area (Å²) in [5.74, 6) is -0.605. The first-order valence-corrected chi connectivity index (χ1v) is 5.96. The smallest absolute Gasteiger partial charge is 0.308 e. The van der Waals surface area contributed by atoms with Gasteiger partial charge in [-0.3, -0.25) is 14.5 Å². The highest BCUT2D eigenvalue weighted by molar-refractivity contribution is 5.96. The average molecular weight is 252 g/mol. The number of aryl methyl sites for hydroxylation is 1. The molecule has 0 aromatic carbocycles. The highest BCUT2D eigenvalue weighted by Gasteiger charge is 2.36. The van der Waals surface area contributed by atoms with Gasteiger partial charge in [0.15, 0.2) is 5.82 Å². The van der Waals surface area contributed by atoms with E-state index in [-0.39, 0.29) is 18.4 Å². The van der Waals surface area contributed by atoms with Crippen LogP contribution in [-0.4, -0.2) is 28.7 Å². The summed E-state index contributed by atoms with van der Waals surface area (Å²) in [6.07, 6.45) is 1.74. The van der Waals surface area contributed by atoms with Crippen molar-refractivity contribution in [1.82, 2.24) is 5.16 Å². The van der Waals surface area contributed by atoms with Crippen molar-refractivity contribution in [3.63, 3.8) is 0 Å². The maximum Gasteiger partial charge on any atom is 0.308 e. The lowest BCUT2D eigenvalue weighted by Gasteiger charge is -2.21. The normalized spacial score (nSPS) is 16.3. The standard InChI is InChI=1S/C12H16N2O4/c1-7(12(16)17)6-14(11(15)9-3-4-9)10-5-8(2)18-13-10/h5,7,9H,3-4,6H2,1-2H3,(H,16,17). The number of rotatable bonds is 5. The van der Waals surface area contributed by atoms with Crippen molar-refractivity contribution in [3.8, 4) is 0 Å². The molecule has 1 aromatic heterocycles. The molecule has 0 aliphatic heterocycles. The number of nitrogens with zero attached hydrogens (tertiary/aromatic N) is 2. The fourth-order valence-corrected chi connectivity index (χ4v) is 1.68. The van der Waals surface area contributed by atoms with E-state index in [1.165, 1.54) is 4.90 Å². The number of hydrogen-bond donors (Lipinski definition) is 1. The number of aliphatic carboxylic acids is 1. The summed E-state index contributed by atoms with van der Waals surface area (Å²) < 4.78 is 4.95. The van der Waals surface area contributed by atoms with Crippen LogP contribution in [-0.2, 0) is 9.59 Å². The quantitative estimate of drug-likeness (QED) is 0.857. The Kier molecular flexibility index (Phi) is 3.36. The minimum Gasteiger partial charge on any atom is -0.481 e. The first-order valence-electron chi connectivity index (χ1n) is 5.96. The first kappa shape index (κ1) is 12.6. The van der Waals surface area contributed by atoms with E-state index in [1.807, 2.05) is 0 Å². The van der Waals surface area contributed by atoms with E-state index in [9.17, 15) is 9.59 Å². The van der Waals surface area contributed by atoms with Gasteiger partial charge in [-0.05, 0) is 19.8 Å². The third-order valence-electron chi connectivity index (χ3n) is 2.96. The van der Waals surface area contributed by atoms with Crippen LogP contribution in [0.15, 0.2) is 10.6 Å². The lowest BCUT2D eigenvalue weighted by molar-refractivity contribution is -0.140. The Labute approximate surface area is 105 Å². The van der Waals surface area contributed by atoms with E-state index < -0.39 is 11.9 Å². The Hall–Kier alpha value is -1.85. The molecule has 6 heteroatoms. The lowest BCUT2D eigenvalue weighted by atomic mass is 10.1. The summed E-state index contributed by atoms with van der Waals surface area (Å²) in [4.78, 5) is 24.4. The molecule has 1 N–H and O–H groups in total. The minimum absolute atomic E-state index is 0.0167. The molecule has 0 spiro atoms. The number of carbonyl (C=O) groups is 2. The van der Waals surface area contributed by atoms with Crippen LogP contribution in [0.4, 0.5) is 5.82 Å². The molecule has 1 aliphatic rings. The molecule has 0 bridgehead atoms. The third kappa shape index (κ3) is 2.69. The maximum atomic E-state index is 12.1. The second kappa shape index (κ2) is 4.80. The van der Waals surface area contributed by atoms with Crippen LogP contribution in [0.2, 0.25) is 0 Å². The van der Waals surface area contributed by atoms with Gasteiger partial charge >= 0.3 is 5.97 Å². The summed E-state index contributed by atoms with van der Waals surface area (Å²) in [6, 6.07) is 1.65. The predicted molar refractivity (Wildman–Crippen MR) is 63.1 cm³/mol. The van der Waals surface area contributed by atoms with Crippen molar-refractivity contribution in [2.45, 2.75) is 26.7 Å². The lowest BCUT2D eigenvalue weighted by Crippen LogP contribution is -2.38. The van der Waals surface area contributed by atoms with Gasteiger partial charge in [-0.2, -0.15) is 0 Å². The summed E-state index contributed by atoms with van der Waals surface area (Å²) in [6.45, 7) is 3.43. The Morgan fingerprint density at radius 3 is 2.72 bits per heavy atom. The molecule has 1 fully saturated rings. The largest absolute Gasteiger partial charge is 0.481 e. The number of amides is 1. The third-order valence-corrected chi connectivity index (χ3v) is 2.96. The van der Waals surface area contributed by atoms with E-state index in [1.54, 1.807) is 19.9 Å². The molecule has 0 radical (unpaired) electrons. The van der Waals surface area contributed by atoms with E-state index in [0.717, 1.165) is 12.8 Å². The molecule has 1 atom stereocenters. The van der Waals surface area contributed by atoms with Crippen LogP contribution in [0, 0.1) is 18.8 Å². The molecule has 1 amide bonds. The van der Waals surface area contributed by atoms with Gasteiger partial charge in [0.1, 0.15) is 5.76 Å². The van der Waals surface area contributed by atoms with E-state index in [0.29, 0.717) is 11.6 Å². The van der Waals surface area contributed by atoms with Gasteiger partial charge in [0.05, 0.1) is 5.92 Å². The monoisotopic (exact) mass is 252 g/mol. The van der Waals surface area contributed by atoms with Crippen molar-refractivity contribution in [2.75, 3.05) is 11.4 Å². The summed E-state index contributed by atoms with van der Waals surface area (Å²) >= 11 is 0. The van der Waals surface area contributed by atoms with Crippen LogP contribution in [0.1, 0.15) is 25.5 Å². The molecule has 1 aliphatic carbocycles. The summed E-state index contributed by atoms with van der Waals surface area (Å²) in [5.41, 5.74) is 0. The van der Waals surface area contributed by atoms with Crippen LogP contribution in [0.5, 0.6) is 0 Å². The zero-order valence-electron chi connectivity index (χ0n) is 10.4. The number of carbonyl (C=O) groups excluding carboxylic acids is 1. The number of aromatic nitrogens is 1. The van der Waals surface area contributed by atoms with Gasteiger partial charge in [-0.25, -0.2) is 0 Å². The highest BCUT2D eigenvalue weighted by atomic mass is 16.5. The summed E-state index contributed by atoms with van der Waals surface area (Å²) in [7, 11) is 0. The van der Waals surface area contributed by atoms with Crippen LogP contribution >= 0.6 is 0 Å². The fourth-order valence-electron chi connectivity index (χ4n) is 1.68. The molecule has 1 unspecified atom stereocenters. The molecule has 1 saturated carbocycles. The fraction of sp³-hybridized carbons (Fsp3) is 0.583. The number of hydrogen-bond acceptors (Lipinski definition) is 4. The topological polar surface area (TPSA) is 83.6 Å². The predicted octanol–water partition coefficient (Wildman–Crippen LogP) is 1.45. The molecular formula is C12H16N2O4. The van der Waals surface area contributed by atoms with Crippen LogP contribution in [0.3, 0.4) is 0 Å². The van der Waals surface area contributed by atoms with Gasteiger partial charge in [0.2, 0.25) is 5.91 Å². The van der Waals surface area contributed by atoms with Crippen molar-refractivity contribution in [1.29, 1.82) is 0 Å². The summed E-state index contributed by atoms with van der Waals surface area (Å²) in [5, 5.41) is 12.7. The van der Waals surface area contributed by atoms with E-state index in [2.05, 4.69) is 5.16 Å². The molecule has 0 saturated heterocycles. The Morgan fingerprint density at radius 1 is 1.61 bits per heavy atom. The molecule has 98 valence electrons. The minimum atomic E-state index is -0.927. The average Bonchev–Trinajstić information content (AvgIpc) is 3.08. The number of anilines is 1. The van der Waals surface area contributed by atoms with Crippen molar-refractivity contribution in [3.05, 3.63) is 11.8 Å². The van der Waals surface area contributed by atoms with Gasteiger partial charge in [0.25, 0.3) is 0 Å². The zero-order valence-corrected chi connectivity index (χ0v) is 10.4. The molecule has 18 heavy (non-hydrogen) atoms. The van der Waals surface area contributed by atoms with Gasteiger partial charge in [-0.15, -0.1) is 0 Å². The Balaban J connectivity index is 2.17. The van der Waals surface area contributed by atoms with E-state index in [4.69, 9.17) is 9.63 Å². The zero-order chi connectivity index (χ0) is 13.3. The van der Waals surface area contributed by atoms with E-state index >= 15 is 0 Å². The first-order chi connectivity index (χ1) is 8.49. The van der Waals surface area contributed by atoms with Gasteiger partial charge in [0, 0.05) is 18.5 Å². The number of carboxylic acids is 1. The molecule has 1 heterocycles. The Morgan fingerprint density at radius 2 is 2.28 bits per heavy atom. The number of carboxylic acid groups (broad SMARTS) is 1. The molecule has 2 rings (SSSR count). The van der Waals surface area contributed by atoms with Crippen LogP contribution < -0.4 is 4.90 Å². The van der Waals surface area contributed by atoms with Crippen LogP contribution in [0.25, 0.3) is 0 Å². The second-order valence-corrected chi connectivity index (χ2v) is 4.76. The maximum absolute atomic E-state index is 12.1. The van der Waals surface area contributed by atoms with Gasteiger partial charge in [-0.1, -0.05) is 12.1 Å².